The number of carboxylic acids is 1. The Morgan fingerprint density at radius 1 is 1.36 bits per heavy atom. The van der Waals surface area contributed by atoms with Crippen LogP contribution >= 0.6 is 0 Å². The number of hydrogen-bond donors (Lipinski definition) is 1. The van der Waals surface area contributed by atoms with Crippen molar-refractivity contribution in [2.24, 2.45) is 0 Å². The number of carboxylic acid groups (broad SMARTS) is 1. The van der Waals surface area contributed by atoms with E-state index in [0.29, 0.717) is 12.1 Å². The third-order valence-electron chi connectivity index (χ3n) is 1.49. The van der Waals surface area contributed by atoms with E-state index < -0.39 is 33.8 Å². The average Bonchev–Trinajstić information content (AvgIpc) is 2.08. The summed E-state index contributed by atoms with van der Waals surface area (Å²) in [6.07, 6.45) is 0. The molecule has 7 heteroatoms. The number of aromatic carboxylic acids is 1. The van der Waals surface area contributed by atoms with E-state index in [2.05, 4.69) is 0 Å². The summed E-state index contributed by atoms with van der Waals surface area (Å²) in [6.45, 7) is 0. The van der Waals surface area contributed by atoms with Crippen LogP contribution in [0.25, 0.3) is 0 Å². The molecule has 0 atom stereocenters. The highest BCUT2D eigenvalue weighted by atomic mass is 19.2. The fourth-order valence-corrected chi connectivity index (χ4v) is 0.845. The standard InChI is InChI=1S/C7H3F2NO4/c8-5-3(7(11)12)1-2-4(6(5)9)10(13)14/h1-2H,(H,11,12). The molecule has 0 aliphatic rings. The number of halogens is 2. The molecule has 0 heterocycles. The third-order valence-corrected chi connectivity index (χ3v) is 1.49. The smallest absolute Gasteiger partial charge is 0.338 e. The second-order valence-corrected chi connectivity index (χ2v) is 2.32. The van der Waals surface area contributed by atoms with Crippen LogP contribution in [-0.2, 0) is 0 Å². The molecule has 0 aliphatic heterocycles. The van der Waals surface area contributed by atoms with Crippen molar-refractivity contribution in [3.63, 3.8) is 0 Å². The first-order valence-electron chi connectivity index (χ1n) is 3.31. The van der Waals surface area contributed by atoms with Crippen LogP contribution in [-0.4, -0.2) is 16.0 Å². The molecule has 0 aliphatic carbocycles. The van der Waals surface area contributed by atoms with Crippen LogP contribution in [0.1, 0.15) is 10.4 Å². The molecule has 0 aromatic heterocycles. The number of benzene rings is 1. The zero-order chi connectivity index (χ0) is 10.9. The van der Waals surface area contributed by atoms with Crippen molar-refractivity contribution in [2.75, 3.05) is 0 Å². The maximum absolute atomic E-state index is 12.8. The predicted octanol–water partition coefficient (Wildman–Crippen LogP) is 1.57. The van der Waals surface area contributed by atoms with Crippen molar-refractivity contribution < 1.29 is 23.6 Å². The van der Waals surface area contributed by atoms with Gasteiger partial charge in [0.2, 0.25) is 5.82 Å². The van der Waals surface area contributed by atoms with E-state index in [4.69, 9.17) is 5.11 Å². The van der Waals surface area contributed by atoms with Crippen LogP contribution in [0.15, 0.2) is 12.1 Å². The topological polar surface area (TPSA) is 80.4 Å². The van der Waals surface area contributed by atoms with Gasteiger partial charge in [0.25, 0.3) is 0 Å². The molecule has 0 spiro atoms. The van der Waals surface area contributed by atoms with E-state index >= 15 is 0 Å². The molecule has 0 saturated heterocycles. The van der Waals surface area contributed by atoms with Gasteiger partial charge in [-0.25, -0.2) is 9.18 Å². The number of hydrogen-bond acceptors (Lipinski definition) is 3. The molecule has 1 rings (SSSR count). The van der Waals surface area contributed by atoms with E-state index in [9.17, 15) is 23.7 Å². The Kier molecular flexibility index (Phi) is 2.41. The van der Waals surface area contributed by atoms with Crippen LogP contribution in [0, 0.1) is 21.7 Å². The summed E-state index contributed by atoms with van der Waals surface area (Å²) in [6, 6.07) is 1.24. The highest BCUT2D eigenvalue weighted by Crippen LogP contribution is 2.22. The van der Waals surface area contributed by atoms with Crippen molar-refractivity contribution in [2.45, 2.75) is 0 Å². The predicted molar refractivity (Wildman–Crippen MR) is 40.0 cm³/mol. The third kappa shape index (κ3) is 1.51. The van der Waals surface area contributed by atoms with Gasteiger partial charge < -0.3 is 5.11 Å². The van der Waals surface area contributed by atoms with E-state index in [-0.39, 0.29) is 0 Å². The summed E-state index contributed by atoms with van der Waals surface area (Å²) in [5.74, 6) is -5.18. The summed E-state index contributed by atoms with van der Waals surface area (Å²) in [5, 5.41) is 18.4. The monoisotopic (exact) mass is 203 g/mol. The molecule has 0 bridgehead atoms. The van der Waals surface area contributed by atoms with Gasteiger partial charge >= 0.3 is 11.7 Å². The molecule has 1 aromatic carbocycles. The van der Waals surface area contributed by atoms with Crippen molar-refractivity contribution in [3.05, 3.63) is 39.4 Å². The first-order valence-corrected chi connectivity index (χ1v) is 3.31. The largest absolute Gasteiger partial charge is 0.478 e. The molecule has 0 saturated carbocycles. The lowest BCUT2D eigenvalue weighted by Gasteiger charge is -1.98. The van der Waals surface area contributed by atoms with E-state index in [1.54, 1.807) is 0 Å². The summed E-state index contributed by atoms with van der Waals surface area (Å²) in [7, 11) is 0. The van der Waals surface area contributed by atoms with Crippen molar-refractivity contribution in [1.29, 1.82) is 0 Å². The Balaban J connectivity index is 3.41. The van der Waals surface area contributed by atoms with Crippen molar-refractivity contribution >= 4 is 11.7 Å². The highest BCUT2D eigenvalue weighted by Gasteiger charge is 2.23. The number of nitro groups is 1. The first-order chi connectivity index (χ1) is 6.45. The van der Waals surface area contributed by atoms with Gasteiger partial charge in [-0.3, -0.25) is 10.1 Å². The molecule has 0 fully saturated rings. The second-order valence-electron chi connectivity index (χ2n) is 2.32. The van der Waals surface area contributed by atoms with Gasteiger partial charge in [0, 0.05) is 6.07 Å². The van der Waals surface area contributed by atoms with Crippen LogP contribution in [0.4, 0.5) is 14.5 Å². The van der Waals surface area contributed by atoms with Gasteiger partial charge in [-0.1, -0.05) is 0 Å². The molecule has 14 heavy (non-hydrogen) atoms. The molecule has 1 N–H and O–H groups in total. The van der Waals surface area contributed by atoms with Crippen LogP contribution in [0.2, 0.25) is 0 Å². The van der Waals surface area contributed by atoms with Crippen molar-refractivity contribution in [1.82, 2.24) is 0 Å². The number of carbonyl (C=O) groups is 1. The summed E-state index contributed by atoms with van der Waals surface area (Å²) >= 11 is 0. The van der Waals surface area contributed by atoms with Crippen molar-refractivity contribution in [3.8, 4) is 0 Å². The summed E-state index contributed by atoms with van der Waals surface area (Å²) in [5.41, 5.74) is -2.03. The molecule has 74 valence electrons. The number of rotatable bonds is 2. The lowest BCUT2D eigenvalue weighted by molar-refractivity contribution is -0.387. The second kappa shape index (κ2) is 3.36. The molecular weight excluding hydrogens is 200 g/mol. The molecule has 5 nitrogen and oxygen atoms in total. The number of nitrogens with zero attached hydrogens (tertiary/aromatic N) is 1. The van der Waals surface area contributed by atoms with Gasteiger partial charge in [0.15, 0.2) is 5.82 Å². The molecule has 0 amide bonds. The van der Waals surface area contributed by atoms with Gasteiger partial charge in [-0.15, -0.1) is 0 Å². The normalized spacial score (nSPS) is 9.86. The van der Waals surface area contributed by atoms with Gasteiger partial charge in [0.1, 0.15) is 0 Å². The zero-order valence-electron chi connectivity index (χ0n) is 6.53. The van der Waals surface area contributed by atoms with Gasteiger partial charge in [-0.05, 0) is 6.07 Å². The fourth-order valence-electron chi connectivity index (χ4n) is 0.845. The van der Waals surface area contributed by atoms with E-state index in [0.717, 1.165) is 0 Å². The summed E-state index contributed by atoms with van der Waals surface area (Å²) in [4.78, 5) is 19.3. The van der Waals surface area contributed by atoms with Crippen LogP contribution in [0.3, 0.4) is 0 Å². The molecule has 0 unspecified atom stereocenters. The van der Waals surface area contributed by atoms with E-state index in [1.165, 1.54) is 0 Å². The Labute approximate surface area is 75.7 Å². The van der Waals surface area contributed by atoms with Gasteiger partial charge in [0.05, 0.1) is 10.5 Å². The number of nitro benzene ring substituents is 1. The minimum Gasteiger partial charge on any atom is -0.478 e. The SMILES string of the molecule is O=C(O)c1ccc([N+](=O)[O-])c(F)c1F. The van der Waals surface area contributed by atoms with Gasteiger partial charge in [-0.2, -0.15) is 4.39 Å². The Bertz CT molecular complexity index is 379. The fraction of sp³-hybridized carbons (Fsp3) is 0. The summed E-state index contributed by atoms with van der Waals surface area (Å²) < 4.78 is 25.6. The quantitative estimate of drug-likeness (QED) is 0.584. The molecule has 1 aromatic rings. The minimum atomic E-state index is -1.77. The maximum Gasteiger partial charge on any atom is 0.338 e. The van der Waals surface area contributed by atoms with E-state index in [1.807, 2.05) is 0 Å². The zero-order valence-corrected chi connectivity index (χ0v) is 6.53. The Morgan fingerprint density at radius 3 is 2.36 bits per heavy atom. The Morgan fingerprint density at radius 2 is 1.93 bits per heavy atom. The molecular formula is C7H3F2NO4. The highest BCUT2D eigenvalue weighted by molar-refractivity contribution is 5.88. The molecule has 0 radical (unpaired) electrons. The average molecular weight is 203 g/mol. The Hall–Kier alpha value is -2.05. The first kappa shape index (κ1) is 10.0. The lowest BCUT2D eigenvalue weighted by Crippen LogP contribution is -2.05. The lowest BCUT2D eigenvalue weighted by atomic mass is 10.2. The van der Waals surface area contributed by atoms with Crippen LogP contribution in [0.5, 0.6) is 0 Å². The minimum absolute atomic E-state index is 0.599. The van der Waals surface area contributed by atoms with Crippen LogP contribution < -0.4 is 0 Å². The maximum atomic E-state index is 12.8.